The van der Waals surface area contributed by atoms with Gasteiger partial charge in [0.05, 0.1) is 0 Å². The molecule has 1 rings (SSSR count). The third-order valence-electron chi connectivity index (χ3n) is 1.63. The van der Waals surface area contributed by atoms with E-state index in [-0.39, 0.29) is 31.1 Å². The molecule has 1 saturated heterocycles. The summed E-state index contributed by atoms with van der Waals surface area (Å²) in [5.74, 6) is 1.23. The molecule has 0 aromatic carbocycles. The summed E-state index contributed by atoms with van der Waals surface area (Å²) in [6, 6.07) is 0. The maximum Gasteiger partial charge on any atom is 0.451 e. The largest absolute Gasteiger partial charge is 0.451 e. The third-order valence-corrected chi connectivity index (χ3v) is 1.63. The smallest absolute Gasteiger partial charge is 0.443 e. The fourth-order valence-electron chi connectivity index (χ4n) is 0.985. The number of aliphatic hydroxyl groups excluding tert-OH is 1. The molecule has 3 nitrogen and oxygen atoms in total. The minimum atomic E-state index is -0.0918. The van der Waals surface area contributed by atoms with Crippen molar-refractivity contribution in [3.8, 4) is 0 Å². The molecular weight excluding hydrogens is 195 g/mol. The first kappa shape index (κ1) is 12.5. The molecule has 12 heavy (non-hydrogen) atoms. The molecule has 0 amide bonds. The zero-order valence-corrected chi connectivity index (χ0v) is 8.56. The second-order valence-corrected chi connectivity index (χ2v) is 2.87. The van der Waals surface area contributed by atoms with Crippen LogP contribution in [0.25, 0.3) is 0 Å². The van der Waals surface area contributed by atoms with Crippen molar-refractivity contribution < 1.29 is 31.8 Å². The van der Waals surface area contributed by atoms with Crippen LogP contribution in [0.1, 0.15) is 13.3 Å². The van der Waals surface area contributed by atoms with Gasteiger partial charge >= 0.3 is 7.12 Å². The van der Waals surface area contributed by atoms with Crippen LogP contribution in [0.2, 0.25) is 6.32 Å². The molecular formula is C7H14BCrO3-. The van der Waals surface area contributed by atoms with Gasteiger partial charge in [-0.3, -0.25) is 5.92 Å². The van der Waals surface area contributed by atoms with Gasteiger partial charge in [0.25, 0.3) is 0 Å². The summed E-state index contributed by atoms with van der Waals surface area (Å²) in [6.07, 6.45) is 1.55. The van der Waals surface area contributed by atoms with E-state index in [2.05, 4.69) is 0 Å². The van der Waals surface area contributed by atoms with Crippen molar-refractivity contribution in [3.05, 3.63) is 5.92 Å². The summed E-state index contributed by atoms with van der Waals surface area (Å²) in [6.45, 7) is 3.64. The Labute approximate surface area is 84.7 Å². The maximum atomic E-state index is 8.53. The molecule has 0 saturated carbocycles. The first-order valence-electron chi connectivity index (χ1n) is 3.98. The normalized spacial score (nSPS) is 19.0. The maximum absolute atomic E-state index is 8.53. The van der Waals surface area contributed by atoms with E-state index < -0.39 is 0 Å². The number of rotatable bonds is 3. The van der Waals surface area contributed by atoms with Crippen molar-refractivity contribution in [1.82, 2.24) is 0 Å². The molecule has 70 valence electrons. The zero-order chi connectivity index (χ0) is 8.10. The van der Waals surface area contributed by atoms with Crippen LogP contribution in [0, 0.1) is 5.92 Å². The molecule has 1 heterocycles. The van der Waals surface area contributed by atoms with E-state index in [9.17, 15) is 0 Å². The number of hydrogen-bond donors (Lipinski definition) is 1. The van der Waals surface area contributed by atoms with E-state index in [1.807, 2.05) is 6.92 Å². The molecule has 0 aliphatic carbocycles. The zero-order valence-electron chi connectivity index (χ0n) is 7.28. The second kappa shape index (κ2) is 6.94. The standard InChI is InChI=1S/C7H14BO3.Cr/c1-7-5-10-8(11-6-7)3-2-4-9;/h9H,2-6H2,1H3;/q-1;. The van der Waals surface area contributed by atoms with Crippen LogP contribution < -0.4 is 0 Å². The Kier molecular flexibility index (Phi) is 7.21. The van der Waals surface area contributed by atoms with E-state index >= 15 is 0 Å². The first-order valence-corrected chi connectivity index (χ1v) is 3.98. The van der Waals surface area contributed by atoms with Gasteiger partial charge < -0.3 is 14.4 Å². The Morgan fingerprint density at radius 2 is 2.00 bits per heavy atom. The summed E-state index contributed by atoms with van der Waals surface area (Å²) in [5, 5.41) is 8.53. The molecule has 0 spiro atoms. The molecule has 1 aliphatic rings. The SMILES string of the molecule is C[C-]1COB(CCCO)OC1.[Cr]. The fourth-order valence-corrected chi connectivity index (χ4v) is 0.985. The molecule has 0 bridgehead atoms. The van der Waals surface area contributed by atoms with Crippen molar-refractivity contribution in [2.45, 2.75) is 19.7 Å². The van der Waals surface area contributed by atoms with E-state index in [0.717, 1.165) is 12.7 Å². The molecule has 0 aromatic rings. The van der Waals surface area contributed by atoms with Crippen LogP contribution in [0.5, 0.6) is 0 Å². The summed E-state index contributed by atoms with van der Waals surface area (Å²) in [7, 11) is -0.0918. The summed E-state index contributed by atoms with van der Waals surface area (Å²) >= 11 is 0. The minimum Gasteiger partial charge on any atom is -0.443 e. The number of aliphatic hydroxyl groups is 1. The summed E-state index contributed by atoms with van der Waals surface area (Å²) < 4.78 is 10.6. The van der Waals surface area contributed by atoms with Gasteiger partial charge in [0.1, 0.15) is 0 Å². The van der Waals surface area contributed by atoms with Crippen molar-refractivity contribution in [1.29, 1.82) is 0 Å². The van der Waals surface area contributed by atoms with Gasteiger partial charge in [-0.05, 0) is 12.7 Å². The average molecular weight is 209 g/mol. The van der Waals surface area contributed by atoms with E-state index in [0.29, 0.717) is 13.2 Å². The van der Waals surface area contributed by atoms with Crippen molar-refractivity contribution in [3.63, 3.8) is 0 Å². The van der Waals surface area contributed by atoms with Crippen LogP contribution >= 0.6 is 0 Å². The predicted molar refractivity (Wildman–Crippen MR) is 43.1 cm³/mol. The van der Waals surface area contributed by atoms with Crippen LogP contribution in [0.3, 0.4) is 0 Å². The van der Waals surface area contributed by atoms with Gasteiger partial charge in [-0.2, -0.15) is 6.92 Å². The van der Waals surface area contributed by atoms with Crippen LogP contribution in [0.4, 0.5) is 0 Å². The van der Waals surface area contributed by atoms with E-state index in [4.69, 9.17) is 14.4 Å². The Hall–Kier alpha value is 0.477. The Bertz CT molecular complexity index is 104. The third kappa shape index (κ3) is 4.49. The van der Waals surface area contributed by atoms with Gasteiger partial charge in [0, 0.05) is 24.0 Å². The van der Waals surface area contributed by atoms with E-state index in [1.165, 1.54) is 5.92 Å². The second-order valence-electron chi connectivity index (χ2n) is 2.87. The fraction of sp³-hybridized carbons (Fsp3) is 0.857. The van der Waals surface area contributed by atoms with E-state index in [1.54, 1.807) is 0 Å². The van der Waals surface area contributed by atoms with Crippen molar-refractivity contribution in [2.75, 3.05) is 19.8 Å². The van der Waals surface area contributed by atoms with Gasteiger partial charge in [-0.15, -0.1) is 0 Å². The Morgan fingerprint density at radius 3 is 2.50 bits per heavy atom. The Balaban J connectivity index is 0.00000121. The van der Waals surface area contributed by atoms with Gasteiger partial charge in [-0.25, -0.2) is 0 Å². The first-order chi connectivity index (χ1) is 5.33. The van der Waals surface area contributed by atoms with Crippen molar-refractivity contribution in [2.24, 2.45) is 0 Å². The predicted octanol–water partition coefficient (Wildman–Crippen LogP) is 0.496. The Morgan fingerprint density at radius 1 is 1.42 bits per heavy atom. The average Bonchev–Trinajstić information content (AvgIpc) is 2.04. The molecule has 1 aliphatic heterocycles. The van der Waals surface area contributed by atoms with Crippen LogP contribution in [0.15, 0.2) is 0 Å². The minimum absolute atomic E-state index is 0. The summed E-state index contributed by atoms with van der Waals surface area (Å²) in [5.41, 5.74) is 0. The molecule has 5 heteroatoms. The van der Waals surface area contributed by atoms with Gasteiger partial charge in [0.15, 0.2) is 0 Å². The molecule has 1 fully saturated rings. The van der Waals surface area contributed by atoms with Gasteiger partial charge in [0.2, 0.25) is 0 Å². The molecule has 0 atom stereocenters. The molecule has 0 unspecified atom stereocenters. The molecule has 1 N–H and O–H groups in total. The molecule has 0 aromatic heterocycles. The number of hydrogen-bond acceptors (Lipinski definition) is 3. The van der Waals surface area contributed by atoms with Crippen molar-refractivity contribution >= 4 is 7.12 Å². The quantitative estimate of drug-likeness (QED) is 0.543. The topological polar surface area (TPSA) is 38.7 Å². The van der Waals surface area contributed by atoms with Crippen LogP contribution in [-0.4, -0.2) is 32.0 Å². The summed E-state index contributed by atoms with van der Waals surface area (Å²) in [4.78, 5) is 0. The molecule has 0 radical (unpaired) electrons. The monoisotopic (exact) mass is 209 g/mol. The van der Waals surface area contributed by atoms with Gasteiger partial charge in [-0.1, -0.05) is 13.2 Å². The van der Waals surface area contributed by atoms with Crippen LogP contribution in [-0.2, 0) is 26.7 Å².